The Morgan fingerprint density at radius 2 is 2.06 bits per heavy atom. The number of rotatable bonds is 3. The first-order chi connectivity index (χ1) is 8.58. The molecule has 2 rings (SSSR count). The Labute approximate surface area is 118 Å². The van der Waals surface area contributed by atoms with E-state index in [4.69, 9.17) is 17.3 Å². The summed E-state index contributed by atoms with van der Waals surface area (Å²) in [6.45, 7) is 0.343. The van der Waals surface area contributed by atoms with E-state index in [0.717, 1.165) is 4.47 Å². The van der Waals surface area contributed by atoms with Gasteiger partial charge in [-0.15, -0.1) is 0 Å². The number of nitrogens with one attached hydrogen (secondary N) is 1. The molecule has 18 heavy (non-hydrogen) atoms. The number of hydrogen-bond acceptors (Lipinski definition) is 2. The van der Waals surface area contributed by atoms with Crippen LogP contribution in [0.3, 0.4) is 0 Å². The highest BCUT2D eigenvalue weighted by Gasteiger charge is 2.05. The summed E-state index contributed by atoms with van der Waals surface area (Å²) in [6, 6.07) is 10.1. The van der Waals surface area contributed by atoms with Gasteiger partial charge in [0, 0.05) is 16.6 Å². The van der Waals surface area contributed by atoms with Gasteiger partial charge in [-0.05, 0) is 30.3 Å². The molecule has 0 amide bonds. The second-order valence-electron chi connectivity index (χ2n) is 3.79. The summed E-state index contributed by atoms with van der Waals surface area (Å²) >= 11 is 9.21. The van der Waals surface area contributed by atoms with Crippen molar-refractivity contribution in [3.05, 3.63) is 57.3 Å². The van der Waals surface area contributed by atoms with Crippen LogP contribution >= 0.6 is 27.5 Å². The summed E-state index contributed by atoms with van der Waals surface area (Å²) in [5.41, 5.74) is 7.54. The molecule has 0 saturated carbocycles. The van der Waals surface area contributed by atoms with Gasteiger partial charge in [-0.2, -0.15) is 0 Å². The average molecular weight is 330 g/mol. The highest BCUT2D eigenvalue weighted by Crippen LogP contribution is 2.27. The Hall–Kier alpha value is -1.26. The van der Waals surface area contributed by atoms with Gasteiger partial charge in [-0.25, -0.2) is 4.39 Å². The monoisotopic (exact) mass is 328 g/mol. The number of anilines is 2. The maximum atomic E-state index is 13.5. The molecule has 0 saturated heterocycles. The maximum Gasteiger partial charge on any atom is 0.128 e. The van der Waals surface area contributed by atoms with Crippen LogP contribution in [0.25, 0.3) is 0 Å². The number of nitrogens with two attached hydrogens (primary N) is 1. The first-order valence-corrected chi connectivity index (χ1v) is 6.47. The standard InChI is InChI=1S/C13H11BrClFN2/c14-9-4-5-11(16)8(6-9)7-18-12-3-1-2-10(15)13(12)17/h1-6,18H,7,17H2. The number of benzene rings is 2. The molecule has 0 aliphatic rings. The predicted octanol–water partition coefficient (Wildman–Crippen LogP) is 4.44. The SMILES string of the molecule is Nc1c(Cl)cccc1NCc1cc(Br)ccc1F. The van der Waals surface area contributed by atoms with Gasteiger partial charge in [0.05, 0.1) is 16.4 Å². The van der Waals surface area contributed by atoms with E-state index in [0.29, 0.717) is 28.5 Å². The van der Waals surface area contributed by atoms with Crippen LogP contribution in [0.15, 0.2) is 40.9 Å². The Morgan fingerprint density at radius 3 is 2.83 bits per heavy atom. The maximum absolute atomic E-state index is 13.5. The molecule has 2 aromatic carbocycles. The Bertz CT molecular complexity index is 573. The molecule has 5 heteroatoms. The first kappa shape index (κ1) is 13.2. The third-order valence-corrected chi connectivity index (χ3v) is 3.35. The van der Waals surface area contributed by atoms with Crippen LogP contribution in [-0.4, -0.2) is 0 Å². The lowest BCUT2D eigenvalue weighted by atomic mass is 10.2. The van der Waals surface area contributed by atoms with E-state index in [1.54, 1.807) is 30.3 Å². The van der Waals surface area contributed by atoms with Crippen LogP contribution < -0.4 is 11.1 Å². The van der Waals surface area contributed by atoms with Crippen LogP contribution in [0, 0.1) is 5.82 Å². The second kappa shape index (κ2) is 5.59. The van der Waals surface area contributed by atoms with Crippen LogP contribution in [0.1, 0.15) is 5.56 Å². The van der Waals surface area contributed by atoms with E-state index in [1.807, 2.05) is 0 Å². The molecule has 0 aliphatic heterocycles. The molecule has 0 spiro atoms. The summed E-state index contributed by atoms with van der Waals surface area (Å²) in [7, 11) is 0. The highest BCUT2D eigenvalue weighted by molar-refractivity contribution is 9.10. The summed E-state index contributed by atoms with van der Waals surface area (Å²) in [4.78, 5) is 0. The molecular formula is C13H11BrClFN2. The van der Waals surface area contributed by atoms with Crippen molar-refractivity contribution in [2.24, 2.45) is 0 Å². The molecule has 3 N–H and O–H groups in total. The van der Waals surface area contributed by atoms with Gasteiger partial charge in [0.25, 0.3) is 0 Å². The predicted molar refractivity (Wildman–Crippen MR) is 77.3 cm³/mol. The lowest BCUT2D eigenvalue weighted by molar-refractivity contribution is 0.612. The van der Waals surface area contributed by atoms with Gasteiger partial charge < -0.3 is 11.1 Å². The molecule has 0 fully saturated rings. The minimum Gasteiger partial charge on any atom is -0.396 e. The van der Waals surface area contributed by atoms with Crippen LogP contribution in [0.2, 0.25) is 5.02 Å². The summed E-state index contributed by atoms with van der Waals surface area (Å²) in [5, 5.41) is 3.55. The van der Waals surface area contributed by atoms with Crippen molar-refractivity contribution in [1.82, 2.24) is 0 Å². The Balaban J connectivity index is 2.16. The summed E-state index contributed by atoms with van der Waals surface area (Å²) < 4.78 is 14.4. The van der Waals surface area contributed by atoms with E-state index in [-0.39, 0.29) is 5.82 Å². The molecule has 2 nitrogen and oxygen atoms in total. The van der Waals surface area contributed by atoms with Crippen molar-refractivity contribution in [3.63, 3.8) is 0 Å². The number of nitrogen functional groups attached to an aromatic ring is 1. The van der Waals surface area contributed by atoms with Crippen LogP contribution in [0.5, 0.6) is 0 Å². The molecule has 0 aromatic heterocycles. The fraction of sp³-hybridized carbons (Fsp3) is 0.0769. The molecule has 0 atom stereocenters. The third-order valence-electron chi connectivity index (χ3n) is 2.53. The fourth-order valence-electron chi connectivity index (χ4n) is 1.56. The molecule has 94 valence electrons. The average Bonchev–Trinajstić information content (AvgIpc) is 2.35. The normalized spacial score (nSPS) is 10.4. The molecule has 0 aliphatic carbocycles. The third kappa shape index (κ3) is 2.94. The molecule has 0 radical (unpaired) electrons. The molecule has 0 unspecified atom stereocenters. The minimum atomic E-state index is -0.258. The minimum absolute atomic E-state index is 0.258. The molecule has 2 aromatic rings. The van der Waals surface area contributed by atoms with Crippen LogP contribution in [-0.2, 0) is 6.54 Å². The van der Waals surface area contributed by atoms with E-state index in [2.05, 4.69) is 21.2 Å². The largest absolute Gasteiger partial charge is 0.396 e. The summed E-state index contributed by atoms with van der Waals surface area (Å²) in [5.74, 6) is -0.258. The molecule has 0 heterocycles. The Kier molecular flexibility index (Phi) is 4.09. The zero-order valence-corrected chi connectivity index (χ0v) is 11.7. The van der Waals surface area contributed by atoms with E-state index in [9.17, 15) is 4.39 Å². The molecule has 0 bridgehead atoms. The lowest BCUT2D eigenvalue weighted by Gasteiger charge is -2.11. The first-order valence-electron chi connectivity index (χ1n) is 5.29. The van der Waals surface area contributed by atoms with E-state index < -0.39 is 0 Å². The second-order valence-corrected chi connectivity index (χ2v) is 5.11. The highest BCUT2D eigenvalue weighted by atomic mass is 79.9. The van der Waals surface area contributed by atoms with E-state index >= 15 is 0 Å². The van der Waals surface area contributed by atoms with Gasteiger partial charge in [0.2, 0.25) is 0 Å². The van der Waals surface area contributed by atoms with Gasteiger partial charge in [0.15, 0.2) is 0 Å². The van der Waals surface area contributed by atoms with Crippen molar-refractivity contribution in [3.8, 4) is 0 Å². The number of para-hydroxylation sites is 1. The zero-order chi connectivity index (χ0) is 13.1. The zero-order valence-electron chi connectivity index (χ0n) is 9.38. The van der Waals surface area contributed by atoms with Gasteiger partial charge in [0.1, 0.15) is 5.82 Å². The topological polar surface area (TPSA) is 38.0 Å². The van der Waals surface area contributed by atoms with Crippen molar-refractivity contribution >= 4 is 38.9 Å². The van der Waals surface area contributed by atoms with Crippen molar-refractivity contribution < 1.29 is 4.39 Å². The van der Waals surface area contributed by atoms with Gasteiger partial charge in [-0.1, -0.05) is 33.6 Å². The number of halogens is 3. The quantitative estimate of drug-likeness (QED) is 0.817. The van der Waals surface area contributed by atoms with Gasteiger partial charge in [-0.3, -0.25) is 0 Å². The Morgan fingerprint density at radius 1 is 1.28 bits per heavy atom. The van der Waals surface area contributed by atoms with E-state index in [1.165, 1.54) is 6.07 Å². The van der Waals surface area contributed by atoms with Crippen molar-refractivity contribution in [2.45, 2.75) is 6.54 Å². The van der Waals surface area contributed by atoms with Gasteiger partial charge >= 0.3 is 0 Å². The summed E-state index contributed by atoms with van der Waals surface area (Å²) in [6.07, 6.45) is 0. The van der Waals surface area contributed by atoms with Crippen molar-refractivity contribution in [1.29, 1.82) is 0 Å². The smallest absolute Gasteiger partial charge is 0.128 e. The fourth-order valence-corrected chi connectivity index (χ4v) is 2.14. The van der Waals surface area contributed by atoms with Crippen LogP contribution in [0.4, 0.5) is 15.8 Å². The lowest BCUT2D eigenvalue weighted by Crippen LogP contribution is -2.04. The van der Waals surface area contributed by atoms with Crippen molar-refractivity contribution in [2.75, 3.05) is 11.1 Å². The molecular weight excluding hydrogens is 319 g/mol. The number of hydrogen-bond donors (Lipinski definition) is 2.